The Morgan fingerprint density at radius 3 is 2.85 bits per heavy atom. The van der Waals surface area contributed by atoms with Crippen molar-refractivity contribution in [2.45, 2.75) is 38.9 Å². The minimum absolute atomic E-state index is 0.0152. The Kier molecular flexibility index (Phi) is 4.52. The molecule has 1 amide bonds. The Bertz CT molecular complexity index is 488. The van der Waals surface area contributed by atoms with Crippen molar-refractivity contribution >= 4 is 22.0 Å². The van der Waals surface area contributed by atoms with Crippen LogP contribution >= 0.6 is 15.9 Å². The van der Waals surface area contributed by atoms with Crippen molar-refractivity contribution in [3.05, 3.63) is 22.9 Å². The third kappa shape index (κ3) is 4.37. The summed E-state index contributed by atoms with van der Waals surface area (Å²) >= 11 is 3.35. The lowest BCUT2D eigenvalue weighted by Gasteiger charge is -2.24. The topological polar surface area (TPSA) is 51.7 Å². The largest absolute Gasteiger partial charge is 0.487 e. The van der Waals surface area contributed by atoms with Crippen molar-refractivity contribution in [1.29, 1.82) is 0 Å². The van der Waals surface area contributed by atoms with Gasteiger partial charge in [-0.05, 0) is 42.8 Å². The number of rotatable bonds is 2. The number of ether oxygens (including phenoxy) is 2. The molecule has 1 aromatic rings. The normalized spacial score (nSPS) is 19.0. The molecule has 1 fully saturated rings. The highest BCUT2D eigenvalue weighted by atomic mass is 79.9. The average molecular weight is 343 g/mol. The zero-order valence-electron chi connectivity index (χ0n) is 11.9. The SMILES string of the molecule is CC(C)(C)OC(=O)N1CC[C@H](Oc2cncc(Br)c2)C1. The summed E-state index contributed by atoms with van der Waals surface area (Å²) in [4.78, 5) is 17.7. The van der Waals surface area contributed by atoms with Gasteiger partial charge in [-0.3, -0.25) is 4.98 Å². The first-order valence-corrected chi connectivity index (χ1v) is 7.38. The Balaban J connectivity index is 1.88. The molecule has 110 valence electrons. The lowest BCUT2D eigenvalue weighted by atomic mass is 10.2. The third-order valence-electron chi connectivity index (χ3n) is 2.78. The van der Waals surface area contributed by atoms with E-state index >= 15 is 0 Å². The molecule has 1 aliphatic heterocycles. The van der Waals surface area contributed by atoms with Gasteiger partial charge in [0.25, 0.3) is 0 Å². The Hall–Kier alpha value is -1.30. The quantitative estimate of drug-likeness (QED) is 0.827. The molecule has 0 bridgehead atoms. The number of hydrogen-bond donors (Lipinski definition) is 0. The number of hydrogen-bond acceptors (Lipinski definition) is 4. The molecule has 1 atom stereocenters. The van der Waals surface area contributed by atoms with Crippen molar-refractivity contribution < 1.29 is 14.3 Å². The Morgan fingerprint density at radius 2 is 2.20 bits per heavy atom. The summed E-state index contributed by atoms with van der Waals surface area (Å²) in [5.41, 5.74) is -0.468. The summed E-state index contributed by atoms with van der Waals surface area (Å²) in [6, 6.07) is 1.86. The fourth-order valence-electron chi connectivity index (χ4n) is 1.97. The summed E-state index contributed by atoms with van der Waals surface area (Å²) in [6.45, 7) is 6.79. The lowest BCUT2D eigenvalue weighted by molar-refractivity contribution is 0.0275. The van der Waals surface area contributed by atoms with Gasteiger partial charge < -0.3 is 14.4 Å². The molecule has 5 nitrogen and oxygen atoms in total. The fraction of sp³-hybridized carbons (Fsp3) is 0.571. The van der Waals surface area contributed by atoms with Crippen molar-refractivity contribution in [3.8, 4) is 5.75 Å². The van der Waals surface area contributed by atoms with Crippen molar-refractivity contribution in [2.75, 3.05) is 13.1 Å². The van der Waals surface area contributed by atoms with Gasteiger partial charge in [-0.1, -0.05) is 0 Å². The van der Waals surface area contributed by atoms with E-state index in [1.165, 1.54) is 0 Å². The first-order valence-electron chi connectivity index (χ1n) is 6.58. The van der Waals surface area contributed by atoms with Crippen LogP contribution in [0.15, 0.2) is 22.9 Å². The van der Waals surface area contributed by atoms with E-state index in [2.05, 4.69) is 20.9 Å². The maximum atomic E-state index is 11.9. The molecule has 0 radical (unpaired) electrons. The smallest absolute Gasteiger partial charge is 0.410 e. The first-order chi connectivity index (χ1) is 9.33. The van der Waals surface area contributed by atoms with Crippen LogP contribution in [0.2, 0.25) is 0 Å². The lowest BCUT2D eigenvalue weighted by Crippen LogP contribution is -2.36. The molecule has 6 heteroatoms. The number of nitrogens with zero attached hydrogens (tertiary/aromatic N) is 2. The zero-order valence-corrected chi connectivity index (χ0v) is 13.5. The predicted octanol–water partition coefficient (Wildman–Crippen LogP) is 3.23. The molecular weight excluding hydrogens is 324 g/mol. The van der Waals surface area contributed by atoms with E-state index in [1.54, 1.807) is 17.3 Å². The Morgan fingerprint density at radius 1 is 1.45 bits per heavy atom. The molecule has 20 heavy (non-hydrogen) atoms. The highest BCUT2D eigenvalue weighted by Crippen LogP contribution is 2.22. The third-order valence-corrected chi connectivity index (χ3v) is 3.21. The minimum Gasteiger partial charge on any atom is -0.487 e. The number of carbonyl (C=O) groups is 1. The van der Waals surface area contributed by atoms with Gasteiger partial charge in [0, 0.05) is 23.6 Å². The van der Waals surface area contributed by atoms with E-state index in [-0.39, 0.29) is 12.2 Å². The molecule has 1 aliphatic rings. The van der Waals surface area contributed by atoms with E-state index < -0.39 is 5.60 Å². The number of aromatic nitrogens is 1. The zero-order chi connectivity index (χ0) is 14.8. The van der Waals surface area contributed by atoms with Gasteiger partial charge in [-0.25, -0.2) is 4.79 Å². The summed E-state index contributed by atoms with van der Waals surface area (Å²) in [7, 11) is 0. The molecule has 0 aliphatic carbocycles. The van der Waals surface area contributed by atoms with Gasteiger partial charge >= 0.3 is 6.09 Å². The average Bonchev–Trinajstić information content (AvgIpc) is 2.75. The monoisotopic (exact) mass is 342 g/mol. The van der Waals surface area contributed by atoms with Crippen LogP contribution in [0.25, 0.3) is 0 Å². The second-order valence-electron chi connectivity index (χ2n) is 5.79. The molecule has 2 rings (SSSR count). The van der Waals surface area contributed by atoms with Crippen LogP contribution in [-0.2, 0) is 4.74 Å². The Labute approximate surface area is 127 Å². The second-order valence-corrected chi connectivity index (χ2v) is 6.71. The standard InChI is InChI=1S/C14H19BrN2O3/c1-14(2,3)20-13(18)17-5-4-11(9-17)19-12-6-10(15)7-16-8-12/h6-8,11H,4-5,9H2,1-3H3/t11-/m0/s1. The molecular formula is C14H19BrN2O3. The second kappa shape index (κ2) is 5.99. The first kappa shape index (κ1) is 15.1. The number of likely N-dealkylation sites (tertiary alicyclic amines) is 1. The van der Waals surface area contributed by atoms with Gasteiger partial charge in [-0.15, -0.1) is 0 Å². The van der Waals surface area contributed by atoms with Crippen LogP contribution < -0.4 is 4.74 Å². The van der Waals surface area contributed by atoms with Gasteiger partial charge in [0.15, 0.2) is 0 Å². The van der Waals surface area contributed by atoms with Gasteiger partial charge in [0.05, 0.1) is 12.7 Å². The molecule has 1 aromatic heterocycles. The summed E-state index contributed by atoms with van der Waals surface area (Å²) in [5.74, 6) is 0.704. The summed E-state index contributed by atoms with van der Waals surface area (Å²) in [5, 5.41) is 0. The fourth-order valence-corrected chi connectivity index (χ4v) is 2.31. The molecule has 0 aromatic carbocycles. The van der Waals surface area contributed by atoms with Crippen LogP contribution in [-0.4, -0.2) is 40.8 Å². The van der Waals surface area contributed by atoms with E-state index in [0.29, 0.717) is 18.8 Å². The van der Waals surface area contributed by atoms with Crippen LogP contribution in [0.5, 0.6) is 5.75 Å². The van der Waals surface area contributed by atoms with E-state index in [9.17, 15) is 4.79 Å². The highest BCUT2D eigenvalue weighted by Gasteiger charge is 2.30. The molecule has 2 heterocycles. The minimum atomic E-state index is -0.468. The molecule has 0 spiro atoms. The number of halogens is 1. The molecule has 0 unspecified atom stereocenters. The molecule has 0 saturated carbocycles. The number of carbonyl (C=O) groups excluding carboxylic acids is 1. The highest BCUT2D eigenvalue weighted by molar-refractivity contribution is 9.10. The summed E-state index contributed by atoms with van der Waals surface area (Å²) < 4.78 is 12.0. The number of pyridine rings is 1. The number of amides is 1. The van der Waals surface area contributed by atoms with E-state index in [1.807, 2.05) is 26.8 Å². The predicted molar refractivity (Wildman–Crippen MR) is 78.8 cm³/mol. The van der Waals surface area contributed by atoms with Crippen LogP contribution in [0.1, 0.15) is 27.2 Å². The van der Waals surface area contributed by atoms with E-state index in [4.69, 9.17) is 9.47 Å². The van der Waals surface area contributed by atoms with Crippen LogP contribution in [0, 0.1) is 0 Å². The molecule has 1 saturated heterocycles. The van der Waals surface area contributed by atoms with Crippen LogP contribution in [0.4, 0.5) is 4.79 Å². The van der Waals surface area contributed by atoms with Gasteiger partial charge in [0.2, 0.25) is 0 Å². The van der Waals surface area contributed by atoms with E-state index in [0.717, 1.165) is 10.9 Å². The molecule has 0 N–H and O–H groups in total. The van der Waals surface area contributed by atoms with Crippen molar-refractivity contribution in [2.24, 2.45) is 0 Å². The van der Waals surface area contributed by atoms with Gasteiger partial charge in [0.1, 0.15) is 17.5 Å². The van der Waals surface area contributed by atoms with Crippen molar-refractivity contribution in [1.82, 2.24) is 9.88 Å². The maximum absolute atomic E-state index is 11.9. The van der Waals surface area contributed by atoms with Gasteiger partial charge in [-0.2, -0.15) is 0 Å². The maximum Gasteiger partial charge on any atom is 0.410 e. The summed E-state index contributed by atoms with van der Waals surface area (Å²) in [6.07, 6.45) is 3.87. The van der Waals surface area contributed by atoms with Crippen molar-refractivity contribution in [3.63, 3.8) is 0 Å². The van der Waals surface area contributed by atoms with Crippen LogP contribution in [0.3, 0.4) is 0 Å².